The molecule has 4 heteroatoms. The summed E-state index contributed by atoms with van der Waals surface area (Å²) in [5.74, 6) is 1.39. The van der Waals surface area contributed by atoms with Crippen molar-refractivity contribution in [3.8, 4) is 0 Å². The highest BCUT2D eigenvalue weighted by atomic mass is 32.2. The van der Waals surface area contributed by atoms with Crippen LogP contribution in [0.25, 0.3) is 0 Å². The lowest BCUT2D eigenvalue weighted by Gasteiger charge is -1.92. The third-order valence-corrected chi connectivity index (χ3v) is 2.45. The molecule has 0 aromatic heterocycles. The molecule has 0 N–H and O–H groups in total. The van der Waals surface area contributed by atoms with Crippen molar-refractivity contribution in [2.24, 2.45) is 4.99 Å². The Kier molecular flexibility index (Phi) is 1.85. The highest BCUT2D eigenvalue weighted by Crippen LogP contribution is 2.01. The van der Waals surface area contributed by atoms with Crippen molar-refractivity contribution >= 4 is 16.1 Å². The van der Waals surface area contributed by atoms with Gasteiger partial charge in [0, 0.05) is 6.42 Å². The largest absolute Gasteiger partial charge is 0.287 e. The van der Waals surface area contributed by atoms with Gasteiger partial charge >= 0.3 is 0 Å². The molecule has 0 saturated heterocycles. The van der Waals surface area contributed by atoms with E-state index < -0.39 is 9.84 Å². The van der Waals surface area contributed by atoms with Crippen LogP contribution in [0.1, 0.15) is 6.42 Å². The Morgan fingerprint density at radius 1 is 1.56 bits per heavy atom. The maximum atomic E-state index is 10.7. The standard InChI is InChI=1S/C5H7NO2S/c7-9(8)4-1-2-6-3-5-9/h4H,1,3,5H2. The topological polar surface area (TPSA) is 46.5 Å². The molecule has 9 heavy (non-hydrogen) atoms. The van der Waals surface area contributed by atoms with Gasteiger partial charge in [0.15, 0.2) is 9.84 Å². The minimum atomic E-state index is -2.90. The summed E-state index contributed by atoms with van der Waals surface area (Å²) in [6, 6.07) is 0. The molecule has 0 aliphatic carbocycles. The first-order chi connectivity index (χ1) is 4.21. The Balaban J connectivity index is 2.66. The van der Waals surface area contributed by atoms with Crippen LogP contribution in [-0.2, 0) is 9.84 Å². The summed E-state index contributed by atoms with van der Waals surface area (Å²) in [4.78, 5) is 3.71. The number of sulfone groups is 1. The smallest absolute Gasteiger partial charge is 0.156 e. The van der Waals surface area contributed by atoms with Crippen LogP contribution in [0.5, 0.6) is 0 Å². The van der Waals surface area contributed by atoms with Crippen molar-refractivity contribution in [3.05, 3.63) is 5.75 Å². The predicted octanol–water partition coefficient (Wildman–Crippen LogP) is -0.0855. The van der Waals surface area contributed by atoms with Crippen LogP contribution in [0, 0.1) is 5.75 Å². The maximum Gasteiger partial charge on any atom is 0.156 e. The molecule has 0 amide bonds. The molecule has 0 aromatic rings. The van der Waals surface area contributed by atoms with Crippen molar-refractivity contribution in [3.63, 3.8) is 0 Å². The van der Waals surface area contributed by atoms with Gasteiger partial charge in [0.25, 0.3) is 0 Å². The summed E-state index contributed by atoms with van der Waals surface area (Å²) >= 11 is 0. The summed E-state index contributed by atoms with van der Waals surface area (Å²) in [6.07, 6.45) is 2.93. The van der Waals surface area contributed by atoms with Crippen LogP contribution in [0.15, 0.2) is 4.99 Å². The van der Waals surface area contributed by atoms with Crippen molar-refractivity contribution < 1.29 is 8.42 Å². The van der Waals surface area contributed by atoms with E-state index in [0.29, 0.717) is 13.0 Å². The molecule has 50 valence electrons. The summed E-state index contributed by atoms with van der Waals surface area (Å²) in [7, 11) is -2.90. The summed E-state index contributed by atoms with van der Waals surface area (Å²) < 4.78 is 21.4. The maximum absolute atomic E-state index is 10.7. The lowest BCUT2D eigenvalue weighted by atomic mass is 10.5. The molecular weight excluding hydrogens is 138 g/mol. The third-order valence-electron chi connectivity index (χ3n) is 1.03. The van der Waals surface area contributed by atoms with E-state index >= 15 is 0 Å². The number of hydrogen-bond acceptors (Lipinski definition) is 3. The van der Waals surface area contributed by atoms with E-state index in [9.17, 15) is 8.42 Å². The molecule has 0 saturated carbocycles. The molecule has 2 radical (unpaired) electrons. The van der Waals surface area contributed by atoms with E-state index in [2.05, 4.69) is 11.2 Å². The molecule has 1 rings (SSSR count). The van der Waals surface area contributed by atoms with E-state index in [-0.39, 0.29) is 5.75 Å². The first kappa shape index (κ1) is 6.74. The minimum Gasteiger partial charge on any atom is -0.287 e. The molecule has 3 nitrogen and oxygen atoms in total. The van der Waals surface area contributed by atoms with E-state index in [1.54, 1.807) is 0 Å². The van der Waals surface area contributed by atoms with Gasteiger partial charge in [-0.1, -0.05) is 0 Å². The van der Waals surface area contributed by atoms with Gasteiger partial charge < -0.3 is 0 Å². The monoisotopic (exact) mass is 145 g/mol. The summed E-state index contributed by atoms with van der Waals surface area (Å²) in [5.41, 5.74) is 0. The zero-order valence-electron chi connectivity index (χ0n) is 4.87. The van der Waals surface area contributed by atoms with Gasteiger partial charge in [-0.2, -0.15) is 0 Å². The van der Waals surface area contributed by atoms with Crippen LogP contribution < -0.4 is 0 Å². The first-order valence-electron chi connectivity index (χ1n) is 2.66. The first-order valence-corrected chi connectivity index (χ1v) is 4.37. The average Bonchev–Trinajstić information content (AvgIpc) is 1.92. The molecule has 0 aromatic carbocycles. The van der Waals surface area contributed by atoms with Gasteiger partial charge in [-0.25, -0.2) is 8.42 Å². The molecule has 0 fully saturated rings. The second-order valence-electron chi connectivity index (χ2n) is 1.78. The fourth-order valence-electron chi connectivity index (χ4n) is 0.564. The van der Waals surface area contributed by atoms with Gasteiger partial charge in [-0.05, 0) is 0 Å². The van der Waals surface area contributed by atoms with E-state index in [1.165, 1.54) is 5.75 Å². The highest BCUT2D eigenvalue weighted by molar-refractivity contribution is 7.93. The van der Waals surface area contributed by atoms with Crippen LogP contribution in [0.2, 0.25) is 0 Å². The molecule has 1 aliphatic rings. The van der Waals surface area contributed by atoms with Crippen LogP contribution in [0.3, 0.4) is 0 Å². The van der Waals surface area contributed by atoms with E-state index in [4.69, 9.17) is 0 Å². The Bertz CT molecular complexity index is 189. The summed E-state index contributed by atoms with van der Waals surface area (Å²) in [6.45, 7) is 0.360. The fourth-order valence-corrected chi connectivity index (χ4v) is 1.40. The third kappa shape index (κ3) is 2.13. The van der Waals surface area contributed by atoms with Crippen LogP contribution >= 0.6 is 0 Å². The average molecular weight is 145 g/mol. The Morgan fingerprint density at radius 2 is 2.33 bits per heavy atom. The van der Waals surface area contributed by atoms with Crippen molar-refractivity contribution in [1.29, 1.82) is 0 Å². The van der Waals surface area contributed by atoms with E-state index in [0.717, 1.165) is 0 Å². The fraction of sp³-hybridized carbons (Fsp3) is 0.600. The molecule has 0 atom stereocenters. The van der Waals surface area contributed by atoms with Gasteiger partial charge in [0.2, 0.25) is 0 Å². The minimum absolute atomic E-state index is 0.139. The quantitative estimate of drug-likeness (QED) is 0.478. The highest BCUT2D eigenvalue weighted by Gasteiger charge is 2.11. The lowest BCUT2D eigenvalue weighted by molar-refractivity contribution is 0.601. The van der Waals surface area contributed by atoms with Gasteiger partial charge in [-0.15, -0.1) is 0 Å². The second-order valence-corrected chi connectivity index (χ2v) is 3.84. The molecule has 0 spiro atoms. The lowest BCUT2D eigenvalue weighted by Crippen LogP contribution is -2.06. The zero-order valence-corrected chi connectivity index (χ0v) is 5.69. The molecule has 1 aliphatic heterocycles. The number of rotatable bonds is 0. The zero-order chi connectivity index (χ0) is 6.74. The molecule has 0 unspecified atom stereocenters. The molecule has 0 bridgehead atoms. The summed E-state index contributed by atoms with van der Waals surface area (Å²) in [5, 5.41) is 0. The van der Waals surface area contributed by atoms with Crippen LogP contribution in [-0.4, -0.2) is 26.9 Å². The Morgan fingerprint density at radius 3 is 3.11 bits per heavy atom. The SMILES string of the molecule is O=S1(=O)[CH]C[C]=NCC1. The van der Waals surface area contributed by atoms with Crippen molar-refractivity contribution in [2.45, 2.75) is 6.42 Å². The predicted molar refractivity (Wildman–Crippen MR) is 35.0 cm³/mol. The Hall–Kier alpha value is -0.380. The number of hydrogen-bond donors (Lipinski definition) is 0. The molecule has 1 heterocycles. The second kappa shape index (κ2) is 2.47. The van der Waals surface area contributed by atoms with E-state index in [1.807, 2.05) is 0 Å². The number of nitrogens with zero attached hydrogens (tertiary/aromatic N) is 1. The Labute approximate surface area is 54.7 Å². The molecular formula is C5H7NO2S. The van der Waals surface area contributed by atoms with Gasteiger partial charge in [0.1, 0.15) is 0 Å². The van der Waals surface area contributed by atoms with Gasteiger partial charge in [0.05, 0.1) is 24.3 Å². The van der Waals surface area contributed by atoms with Gasteiger partial charge in [-0.3, -0.25) is 4.99 Å². The van der Waals surface area contributed by atoms with Crippen LogP contribution in [0.4, 0.5) is 0 Å². The van der Waals surface area contributed by atoms with Crippen molar-refractivity contribution in [1.82, 2.24) is 0 Å². The number of aliphatic imine (C=N–C) groups is 1. The normalized spacial score (nSPS) is 25.3. The van der Waals surface area contributed by atoms with Crippen molar-refractivity contribution in [2.75, 3.05) is 12.3 Å².